The number of ether oxygens (including phenoxy) is 1. The van der Waals surface area contributed by atoms with E-state index >= 15 is 0 Å². The molecule has 0 spiro atoms. The predicted molar refractivity (Wildman–Crippen MR) is 66.1 cm³/mol. The largest absolute Gasteiger partial charge is 0.488 e. The van der Waals surface area contributed by atoms with Crippen molar-refractivity contribution in [1.29, 1.82) is 0 Å². The van der Waals surface area contributed by atoms with Gasteiger partial charge in [-0.1, -0.05) is 12.1 Å². The van der Waals surface area contributed by atoms with Gasteiger partial charge in [-0.2, -0.15) is 5.10 Å². The van der Waals surface area contributed by atoms with Crippen LogP contribution in [-0.4, -0.2) is 9.78 Å². The first kappa shape index (κ1) is 11.0. The Balaban J connectivity index is 2.08. The van der Waals surface area contributed by atoms with Crippen LogP contribution in [0.4, 0.5) is 5.82 Å². The summed E-state index contributed by atoms with van der Waals surface area (Å²) in [6.45, 7) is 0.419. The first-order valence-electron chi connectivity index (χ1n) is 4.82. The third-order valence-corrected chi connectivity index (χ3v) is 2.94. The molecule has 0 radical (unpaired) electrons. The van der Waals surface area contributed by atoms with Crippen LogP contribution in [0.2, 0.25) is 0 Å². The zero-order valence-corrected chi connectivity index (χ0v) is 10.4. The van der Waals surface area contributed by atoms with Gasteiger partial charge in [0.25, 0.3) is 0 Å². The Bertz CT molecular complexity index is 496. The number of rotatable bonds is 3. The lowest BCUT2D eigenvalue weighted by Gasteiger charge is -2.07. The Labute approximate surface area is 102 Å². The van der Waals surface area contributed by atoms with Crippen molar-refractivity contribution in [1.82, 2.24) is 9.78 Å². The third-order valence-electron chi connectivity index (χ3n) is 2.28. The Morgan fingerprint density at radius 1 is 1.44 bits per heavy atom. The number of nitrogen functional groups attached to an aromatic ring is 1. The average molecular weight is 282 g/mol. The number of halogens is 1. The number of para-hydroxylation sites is 1. The fourth-order valence-electron chi connectivity index (χ4n) is 1.32. The molecule has 4 nitrogen and oxygen atoms in total. The minimum Gasteiger partial charge on any atom is -0.488 e. The molecular formula is C11H12BrN3O. The van der Waals surface area contributed by atoms with Crippen molar-refractivity contribution in [2.75, 3.05) is 5.73 Å². The molecule has 0 atom stereocenters. The maximum atomic E-state index is 5.81. The molecule has 0 fully saturated rings. The smallest absolute Gasteiger partial charge is 0.133 e. The second-order valence-electron chi connectivity index (χ2n) is 3.40. The second-order valence-corrected chi connectivity index (χ2v) is 4.25. The number of anilines is 1. The highest BCUT2D eigenvalue weighted by Crippen LogP contribution is 2.25. The van der Waals surface area contributed by atoms with Gasteiger partial charge in [-0.3, -0.25) is 4.68 Å². The van der Waals surface area contributed by atoms with Gasteiger partial charge in [0.05, 0.1) is 16.2 Å². The van der Waals surface area contributed by atoms with Crippen LogP contribution in [0.1, 0.15) is 5.56 Å². The molecular weight excluding hydrogens is 270 g/mol. The van der Waals surface area contributed by atoms with Crippen LogP contribution >= 0.6 is 15.9 Å². The minimum atomic E-state index is 0.419. The molecule has 2 N–H and O–H groups in total. The van der Waals surface area contributed by atoms with Crippen molar-refractivity contribution >= 4 is 21.7 Å². The van der Waals surface area contributed by atoms with E-state index in [1.54, 1.807) is 17.9 Å². The number of aryl methyl sites for hydroxylation is 1. The van der Waals surface area contributed by atoms with Crippen molar-refractivity contribution in [3.05, 3.63) is 40.5 Å². The standard InChI is InChI=1S/C11H12BrN3O/c1-15-11(13)8(6-14-15)7-16-10-5-3-2-4-9(10)12/h2-6H,7,13H2,1H3. The summed E-state index contributed by atoms with van der Waals surface area (Å²) in [4.78, 5) is 0. The maximum absolute atomic E-state index is 5.81. The Morgan fingerprint density at radius 2 is 2.19 bits per heavy atom. The van der Waals surface area contributed by atoms with Gasteiger partial charge in [-0.25, -0.2) is 0 Å². The van der Waals surface area contributed by atoms with Crippen molar-refractivity contribution in [3.8, 4) is 5.75 Å². The third kappa shape index (κ3) is 2.19. The molecule has 0 aliphatic rings. The summed E-state index contributed by atoms with van der Waals surface area (Å²) in [5.41, 5.74) is 6.70. The quantitative estimate of drug-likeness (QED) is 0.940. The first-order chi connectivity index (χ1) is 7.68. The van der Waals surface area contributed by atoms with Crippen LogP contribution in [0, 0.1) is 0 Å². The minimum absolute atomic E-state index is 0.419. The van der Waals surface area contributed by atoms with Crippen LogP contribution < -0.4 is 10.5 Å². The highest BCUT2D eigenvalue weighted by Gasteiger charge is 2.06. The van der Waals surface area contributed by atoms with Crippen LogP contribution in [0.5, 0.6) is 5.75 Å². The Morgan fingerprint density at radius 3 is 2.81 bits per heavy atom. The zero-order chi connectivity index (χ0) is 11.5. The highest BCUT2D eigenvalue weighted by molar-refractivity contribution is 9.10. The van der Waals surface area contributed by atoms with Gasteiger partial charge in [0.15, 0.2) is 0 Å². The number of aromatic nitrogens is 2. The van der Waals surface area contributed by atoms with Gasteiger partial charge >= 0.3 is 0 Å². The molecule has 2 rings (SSSR count). The number of hydrogen-bond donors (Lipinski definition) is 1. The lowest BCUT2D eigenvalue weighted by atomic mass is 10.3. The van der Waals surface area contributed by atoms with Crippen molar-refractivity contribution in [3.63, 3.8) is 0 Å². The van der Waals surface area contributed by atoms with Gasteiger partial charge in [0.2, 0.25) is 0 Å². The molecule has 0 saturated heterocycles. The highest BCUT2D eigenvalue weighted by atomic mass is 79.9. The number of benzene rings is 1. The number of nitrogens with two attached hydrogens (primary N) is 1. The molecule has 0 bridgehead atoms. The summed E-state index contributed by atoms with van der Waals surface area (Å²) >= 11 is 3.42. The molecule has 0 aliphatic carbocycles. The summed E-state index contributed by atoms with van der Waals surface area (Å²) in [5.74, 6) is 1.43. The van der Waals surface area contributed by atoms with E-state index in [4.69, 9.17) is 10.5 Å². The fraction of sp³-hybridized carbons (Fsp3) is 0.182. The Kier molecular flexibility index (Phi) is 3.14. The van der Waals surface area contributed by atoms with Crippen molar-refractivity contribution in [2.24, 2.45) is 7.05 Å². The monoisotopic (exact) mass is 281 g/mol. The zero-order valence-electron chi connectivity index (χ0n) is 8.85. The van der Waals surface area contributed by atoms with Crippen molar-refractivity contribution in [2.45, 2.75) is 6.61 Å². The van der Waals surface area contributed by atoms with E-state index in [9.17, 15) is 0 Å². The maximum Gasteiger partial charge on any atom is 0.133 e. The normalized spacial score (nSPS) is 10.4. The Hall–Kier alpha value is -1.49. The molecule has 84 valence electrons. The van der Waals surface area contributed by atoms with Crippen LogP contribution in [0.3, 0.4) is 0 Å². The molecule has 2 aromatic rings. The van der Waals surface area contributed by atoms with E-state index in [1.165, 1.54) is 0 Å². The summed E-state index contributed by atoms with van der Waals surface area (Å²) in [5, 5.41) is 4.05. The molecule has 5 heteroatoms. The molecule has 0 saturated carbocycles. The molecule has 1 aromatic carbocycles. The van der Waals surface area contributed by atoms with Gasteiger partial charge in [0, 0.05) is 7.05 Å². The first-order valence-corrected chi connectivity index (χ1v) is 5.61. The van der Waals surface area contributed by atoms with E-state index < -0.39 is 0 Å². The van der Waals surface area contributed by atoms with E-state index in [0.717, 1.165) is 15.8 Å². The van der Waals surface area contributed by atoms with Gasteiger partial charge in [-0.15, -0.1) is 0 Å². The summed E-state index contributed by atoms with van der Waals surface area (Å²) in [6.07, 6.45) is 1.71. The summed E-state index contributed by atoms with van der Waals surface area (Å²) < 4.78 is 8.19. The van der Waals surface area contributed by atoms with Crippen LogP contribution in [0.15, 0.2) is 34.9 Å². The van der Waals surface area contributed by atoms with E-state index in [0.29, 0.717) is 12.4 Å². The lowest BCUT2D eigenvalue weighted by Crippen LogP contribution is -2.02. The molecule has 0 aliphatic heterocycles. The molecule has 0 unspecified atom stereocenters. The predicted octanol–water partition coefficient (Wildman–Crippen LogP) is 2.34. The van der Waals surface area contributed by atoms with Crippen LogP contribution in [0.25, 0.3) is 0 Å². The molecule has 0 amide bonds. The average Bonchev–Trinajstić information content (AvgIpc) is 2.59. The number of hydrogen-bond acceptors (Lipinski definition) is 3. The van der Waals surface area contributed by atoms with Gasteiger partial charge in [0.1, 0.15) is 18.2 Å². The van der Waals surface area contributed by atoms with E-state index in [1.807, 2.05) is 24.3 Å². The molecule has 16 heavy (non-hydrogen) atoms. The van der Waals surface area contributed by atoms with Crippen LogP contribution in [-0.2, 0) is 13.7 Å². The second kappa shape index (κ2) is 4.57. The lowest BCUT2D eigenvalue weighted by molar-refractivity contribution is 0.305. The van der Waals surface area contributed by atoms with Gasteiger partial charge < -0.3 is 10.5 Å². The van der Waals surface area contributed by atoms with E-state index in [2.05, 4.69) is 21.0 Å². The van der Waals surface area contributed by atoms with E-state index in [-0.39, 0.29) is 0 Å². The SMILES string of the molecule is Cn1ncc(COc2ccccc2Br)c1N. The summed E-state index contributed by atoms with van der Waals surface area (Å²) in [6, 6.07) is 7.70. The van der Waals surface area contributed by atoms with Crippen molar-refractivity contribution < 1.29 is 4.74 Å². The molecule has 1 heterocycles. The fourth-order valence-corrected chi connectivity index (χ4v) is 1.72. The molecule has 1 aromatic heterocycles. The summed E-state index contributed by atoms with van der Waals surface area (Å²) in [7, 11) is 1.80. The topological polar surface area (TPSA) is 53.1 Å². The van der Waals surface area contributed by atoms with Gasteiger partial charge in [-0.05, 0) is 28.1 Å². The number of nitrogens with zero attached hydrogens (tertiary/aromatic N) is 2.